The molecular formula is C36H68O10. The zero-order chi connectivity index (χ0) is 35.2. The van der Waals surface area contributed by atoms with E-state index >= 15 is 0 Å². The van der Waals surface area contributed by atoms with E-state index in [-0.39, 0.29) is 0 Å². The van der Waals surface area contributed by atoms with Crippen LogP contribution in [0.15, 0.2) is 25.3 Å². The quantitative estimate of drug-likeness (QED) is 0.112. The van der Waals surface area contributed by atoms with E-state index in [4.69, 9.17) is 10.2 Å². The zero-order valence-electron chi connectivity index (χ0n) is 28.6. The topological polar surface area (TPSA) is 196 Å². The number of aliphatic hydroxyl groups is 6. The summed E-state index contributed by atoms with van der Waals surface area (Å²) >= 11 is 0. The van der Waals surface area contributed by atoms with Crippen molar-refractivity contribution in [2.45, 2.75) is 191 Å². The lowest BCUT2D eigenvalue weighted by Crippen LogP contribution is -2.27. The molecule has 46 heavy (non-hydrogen) atoms. The number of rotatable bonds is 2. The first kappa shape index (κ1) is 46.3. The molecule has 272 valence electrons. The summed E-state index contributed by atoms with van der Waals surface area (Å²) in [5.74, 6) is -6.05. The Morgan fingerprint density at radius 1 is 0.348 bits per heavy atom. The maximum Gasteiger partial charge on any atom is 0.327 e. The van der Waals surface area contributed by atoms with Crippen molar-refractivity contribution in [1.82, 2.24) is 0 Å². The van der Waals surface area contributed by atoms with Crippen molar-refractivity contribution in [2.75, 3.05) is 0 Å². The molecule has 3 saturated carbocycles. The molecule has 0 aromatic carbocycles. The summed E-state index contributed by atoms with van der Waals surface area (Å²) in [5, 5.41) is 71.9. The molecule has 3 fully saturated rings. The fourth-order valence-corrected chi connectivity index (χ4v) is 5.48. The average molecular weight is 661 g/mol. The van der Waals surface area contributed by atoms with Crippen LogP contribution >= 0.6 is 0 Å². The van der Waals surface area contributed by atoms with Gasteiger partial charge in [-0.2, -0.15) is 0 Å². The van der Waals surface area contributed by atoms with E-state index in [0.29, 0.717) is 38.5 Å². The van der Waals surface area contributed by atoms with Gasteiger partial charge in [-0.25, -0.2) is 9.59 Å². The van der Waals surface area contributed by atoms with Gasteiger partial charge in [-0.05, 0) is 38.5 Å². The summed E-state index contributed by atoms with van der Waals surface area (Å²) in [6, 6.07) is 0. The van der Waals surface area contributed by atoms with Crippen LogP contribution in [0.25, 0.3) is 0 Å². The van der Waals surface area contributed by atoms with E-state index in [9.17, 15) is 40.2 Å². The molecule has 10 heteroatoms. The second kappa shape index (κ2) is 29.3. The summed E-state index contributed by atoms with van der Waals surface area (Å²) < 4.78 is 0. The van der Waals surface area contributed by atoms with Crippen molar-refractivity contribution >= 4 is 11.9 Å². The van der Waals surface area contributed by atoms with Crippen LogP contribution in [-0.4, -0.2) is 70.2 Å². The maximum atomic E-state index is 9.45. The normalized spacial score (nSPS) is 22.1. The van der Waals surface area contributed by atoms with Crippen LogP contribution in [0.2, 0.25) is 0 Å². The Kier molecular flexibility index (Phi) is 29.5. The first-order valence-corrected chi connectivity index (χ1v) is 17.7. The van der Waals surface area contributed by atoms with Gasteiger partial charge in [-0.3, -0.25) is 0 Å². The van der Waals surface area contributed by atoms with Crippen LogP contribution in [0.5, 0.6) is 0 Å². The summed E-state index contributed by atoms with van der Waals surface area (Å²) in [6.45, 7) is 5.92. The molecule has 3 aliphatic carbocycles. The van der Waals surface area contributed by atoms with Crippen molar-refractivity contribution in [2.24, 2.45) is 0 Å². The summed E-state index contributed by atoms with van der Waals surface area (Å²) in [7, 11) is 0. The molecule has 0 radical (unpaired) electrons. The third-order valence-electron chi connectivity index (χ3n) is 8.31. The highest BCUT2D eigenvalue weighted by Gasteiger charge is 2.23. The molecule has 0 bridgehead atoms. The Labute approximate surface area is 278 Å². The van der Waals surface area contributed by atoms with Crippen molar-refractivity contribution in [3.63, 3.8) is 0 Å². The predicted molar refractivity (Wildman–Crippen MR) is 182 cm³/mol. The molecular weight excluding hydrogens is 592 g/mol. The molecule has 0 saturated heterocycles. The highest BCUT2D eigenvalue weighted by molar-refractivity contribution is 5.79. The number of carboxylic acids is 2. The Morgan fingerprint density at radius 3 is 0.565 bits per heavy atom. The van der Waals surface area contributed by atoms with Gasteiger partial charge in [0, 0.05) is 50.7 Å². The van der Waals surface area contributed by atoms with Crippen LogP contribution in [0.3, 0.4) is 0 Å². The number of aliphatic carboxylic acids is 2. The van der Waals surface area contributed by atoms with Crippen molar-refractivity contribution in [1.29, 1.82) is 0 Å². The number of carbonyl (C=O) groups is 2. The maximum absolute atomic E-state index is 9.45. The van der Waals surface area contributed by atoms with Gasteiger partial charge in [0.05, 0.1) is 0 Å². The SMILES string of the molecule is C=CC(=O)O.C=CC(=O)O.OC1(O)CCCCCCCCC1.OC1(O)CCCCCCCCC1.OC1(O)CCCCCCCCC1. The average Bonchev–Trinajstić information content (AvgIpc) is 3.00. The van der Waals surface area contributed by atoms with Gasteiger partial charge in [0.1, 0.15) is 0 Å². The standard InChI is InChI=1S/3C10H20O2.2C3H4O2/c3*11-10(12)8-6-4-2-1-3-5-7-9-10;2*1-2-3(4)5/h3*11-12H,1-9H2;2*2H,1H2,(H,4,5). The molecule has 10 nitrogen and oxygen atoms in total. The molecule has 0 aromatic heterocycles. The summed E-state index contributed by atoms with van der Waals surface area (Å²) in [4.78, 5) is 18.5. The smallest absolute Gasteiger partial charge is 0.327 e. The van der Waals surface area contributed by atoms with E-state index in [1.54, 1.807) is 0 Å². The number of hydrogen-bond donors (Lipinski definition) is 8. The molecule has 0 aliphatic heterocycles. The second-order valence-corrected chi connectivity index (χ2v) is 13.0. The van der Waals surface area contributed by atoms with Gasteiger partial charge in [-0.15, -0.1) is 0 Å². The Hall–Kier alpha value is -1.82. The second-order valence-electron chi connectivity index (χ2n) is 13.0. The molecule has 0 aromatic rings. The van der Waals surface area contributed by atoms with Crippen LogP contribution < -0.4 is 0 Å². The van der Waals surface area contributed by atoms with Crippen molar-refractivity contribution in [3.8, 4) is 0 Å². The lowest BCUT2D eigenvalue weighted by atomic mass is 9.97. The van der Waals surface area contributed by atoms with E-state index < -0.39 is 29.3 Å². The molecule has 0 atom stereocenters. The highest BCUT2D eigenvalue weighted by Crippen LogP contribution is 2.24. The van der Waals surface area contributed by atoms with Gasteiger partial charge in [-0.1, -0.05) is 109 Å². The van der Waals surface area contributed by atoms with Crippen LogP contribution in [-0.2, 0) is 9.59 Å². The van der Waals surface area contributed by atoms with Gasteiger partial charge in [0.2, 0.25) is 0 Å². The lowest BCUT2D eigenvalue weighted by Gasteiger charge is -2.22. The predicted octanol–water partition coefficient (Wildman–Crippen LogP) is 7.09. The van der Waals surface area contributed by atoms with Gasteiger partial charge in [0.15, 0.2) is 17.4 Å². The number of hydrogen-bond acceptors (Lipinski definition) is 8. The fourth-order valence-electron chi connectivity index (χ4n) is 5.48. The van der Waals surface area contributed by atoms with Crippen LogP contribution in [0.1, 0.15) is 173 Å². The van der Waals surface area contributed by atoms with E-state index in [2.05, 4.69) is 13.2 Å². The summed E-state index contributed by atoms with van der Waals surface area (Å²) in [6.07, 6.45) is 29.3. The molecule has 0 heterocycles. The Balaban J connectivity index is 0. The van der Waals surface area contributed by atoms with Crippen molar-refractivity contribution in [3.05, 3.63) is 25.3 Å². The third-order valence-corrected chi connectivity index (χ3v) is 8.31. The molecule has 0 amide bonds. The molecule has 3 rings (SSSR count). The minimum atomic E-state index is -1.36. The minimum Gasteiger partial charge on any atom is -0.478 e. The molecule has 0 unspecified atom stereocenters. The lowest BCUT2D eigenvalue weighted by molar-refractivity contribution is -0.173. The monoisotopic (exact) mass is 660 g/mol. The van der Waals surface area contributed by atoms with E-state index in [1.807, 2.05) is 0 Å². The van der Waals surface area contributed by atoms with Gasteiger partial charge >= 0.3 is 11.9 Å². The Morgan fingerprint density at radius 2 is 0.457 bits per heavy atom. The summed E-state index contributed by atoms with van der Waals surface area (Å²) in [5.41, 5.74) is 0. The zero-order valence-corrected chi connectivity index (χ0v) is 28.6. The van der Waals surface area contributed by atoms with E-state index in [0.717, 1.165) is 89.2 Å². The van der Waals surface area contributed by atoms with E-state index in [1.165, 1.54) is 57.8 Å². The van der Waals surface area contributed by atoms with Crippen LogP contribution in [0.4, 0.5) is 0 Å². The fraction of sp³-hybridized carbons (Fsp3) is 0.833. The molecule has 0 spiro atoms. The van der Waals surface area contributed by atoms with Crippen molar-refractivity contribution < 1.29 is 50.4 Å². The van der Waals surface area contributed by atoms with Gasteiger partial charge in [0.25, 0.3) is 0 Å². The third kappa shape index (κ3) is 36.6. The minimum absolute atomic E-state index is 0.562. The number of carboxylic acid groups (broad SMARTS) is 2. The molecule has 8 N–H and O–H groups in total. The largest absolute Gasteiger partial charge is 0.478 e. The van der Waals surface area contributed by atoms with Crippen LogP contribution in [0, 0.1) is 0 Å². The van der Waals surface area contributed by atoms with Gasteiger partial charge < -0.3 is 40.9 Å². The molecule has 3 aliphatic rings. The Bertz CT molecular complexity index is 639. The first-order chi connectivity index (χ1) is 21.7. The first-order valence-electron chi connectivity index (χ1n) is 17.7. The highest BCUT2D eigenvalue weighted by atomic mass is 16.5.